The van der Waals surface area contributed by atoms with Crippen LogP contribution in [0.1, 0.15) is 31.2 Å². The van der Waals surface area contributed by atoms with Crippen LogP contribution in [-0.2, 0) is 19.1 Å². The Hall–Kier alpha value is -2.45. The molecule has 7 nitrogen and oxygen atoms in total. The highest BCUT2D eigenvalue weighted by atomic mass is 19.1. The standard InChI is InChI=1S/C23H30FN3O4/c24-18-7-5-17(6-8-18)15-21-23(29)27(19-3-1-2-4-20(19)31-21)16-22(28)25-9-10-26-11-13-30-14-12-26/h5-8,15,19-20H,1-4,9-14,16H2,(H,25,28)/b21-15+. The molecule has 3 fully saturated rings. The van der Waals surface area contributed by atoms with Crippen molar-refractivity contribution in [1.82, 2.24) is 15.1 Å². The van der Waals surface area contributed by atoms with E-state index in [0.717, 1.165) is 58.5 Å². The lowest BCUT2D eigenvalue weighted by molar-refractivity contribution is -0.151. The van der Waals surface area contributed by atoms with Crippen molar-refractivity contribution in [3.8, 4) is 0 Å². The monoisotopic (exact) mass is 431 g/mol. The van der Waals surface area contributed by atoms with Gasteiger partial charge in [-0.1, -0.05) is 18.6 Å². The summed E-state index contributed by atoms with van der Waals surface area (Å²) >= 11 is 0. The van der Waals surface area contributed by atoms with Crippen LogP contribution < -0.4 is 5.32 Å². The van der Waals surface area contributed by atoms with E-state index in [0.29, 0.717) is 12.1 Å². The van der Waals surface area contributed by atoms with Gasteiger partial charge in [-0.15, -0.1) is 0 Å². The van der Waals surface area contributed by atoms with Crippen LogP contribution in [0.3, 0.4) is 0 Å². The summed E-state index contributed by atoms with van der Waals surface area (Å²) in [5, 5.41) is 2.95. The molecule has 0 spiro atoms. The average molecular weight is 432 g/mol. The van der Waals surface area contributed by atoms with E-state index in [-0.39, 0.29) is 42.1 Å². The van der Waals surface area contributed by atoms with Gasteiger partial charge in [0.2, 0.25) is 5.91 Å². The van der Waals surface area contributed by atoms with Gasteiger partial charge < -0.3 is 19.7 Å². The van der Waals surface area contributed by atoms with Gasteiger partial charge >= 0.3 is 0 Å². The molecule has 2 unspecified atom stereocenters. The summed E-state index contributed by atoms with van der Waals surface area (Å²) in [6, 6.07) is 5.83. The zero-order valence-electron chi connectivity index (χ0n) is 17.7. The van der Waals surface area contributed by atoms with Gasteiger partial charge in [-0.2, -0.15) is 0 Å². The topological polar surface area (TPSA) is 71.1 Å². The maximum absolute atomic E-state index is 13.2. The maximum Gasteiger partial charge on any atom is 0.289 e. The molecule has 8 heteroatoms. The van der Waals surface area contributed by atoms with Crippen LogP contribution in [0.25, 0.3) is 6.08 Å². The first kappa shape index (κ1) is 21.8. The summed E-state index contributed by atoms with van der Waals surface area (Å²) in [7, 11) is 0. The van der Waals surface area contributed by atoms with Crippen molar-refractivity contribution < 1.29 is 23.5 Å². The normalized spacial score (nSPS) is 25.8. The number of ether oxygens (including phenoxy) is 2. The van der Waals surface area contributed by atoms with Crippen molar-refractivity contribution >= 4 is 17.9 Å². The number of nitrogens with zero attached hydrogens (tertiary/aromatic N) is 2. The quantitative estimate of drug-likeness (QED) is 0.696. The van der Waals surface area contributed by atoms with Gasteiger partial charge in [0.15, 0.2) is 5.76 Å². The Balaban J connectivity index is 1.40. The summed E-state index contributed by atoms with van der Waals surface area (Å²) in [6.07, 6.45) is 5.27. The summed E-state index contributed by atoms with van der Waals surface area (Å²) in [5.41, 5.74) is 0.689. The second-order valence-electron chi connectivity index (χ2n) is 8.31. The molecule has 2 amide bonds. The Bertz CT molecular complexity index is 808. The molecule has 2 heterocycles. The highest BCUT2D eigenvalue weighted by Gasteiger charge is 2.42. The van der Waals surface area contributed by atoms with E-state index in [9.17, 15) is 14.0 Å². The molecule has 1 saturated carbocycles. The number of benzene rings is 1. The number of hydrogen-bond acceptors (Lipinski definition) is 5. The number of rotatable bonds is 6. The van der Waals surface area contributed by atoms with E-state index in [1.807, 2.05) is 0 Å². The molecule has 1 aliphatic carbocycles. The number of hydrogen-bond donors (Lipinski definition) is 1. The fourth-order valence-electron chi connectivity index (χ4n) is 4.46. The smallest absolute Gasteiger partial charge is 0.289 e. The molecule has 2 atom stereocenters. The van der Waals surface area contributed by atoms with Crippen LogP contribution in [0.4, 0.5) is 4.39 Å². The molecule has 0 radical (unpaired) electrons. The molecule has 0 bridgehead atoms. The van der Waals surface area contributed by atoms with Crippen molar-refractivity contribution in [1.29, 1.82) is 0 Å². The molecular formula is C23H30FN3O4. The van der Waals surface area contributed by atoms with E-state index >= 15 is 0 Å². The Morgan fingerprint density at radius 1 is 1.16 bits per heavy atom. The third-order valence-electron chi connectivity index (χ3n) is 6.15. The van der Waals surface area contributed by atoms with Crippen LogP contribution in [0, 0.1) is 5.82 Å². The zero-order chi connectivity index (χ0) is 21.6. The lowest BCUT2D eigenvalue weighted by Gasteiger charge is -2.44. The molecule has 3 aliphatic rings. The van der Waals surface area contributed by atoms with Crippen LogP contribution >= 0.6 is 0 Å². The number of carbonyl (C=O) groups excluding carboxylic acids is 2. The first-order chi connectivity index (χ1) is 15.1. The van der Waals surface area contributed by atoms with Gasteiger partial charge in [0.1, 0.15) is 18.5 Å². The maximum atomic E-state index is 13.2. The lowest BCUT2D eigenvalue weighted by atomic mass is 9.89. The molecule has 1 aromatic rings. The van der Waals surface area contributed by atoms with Crippen molar-refractivity contribution in [2.24, 2.45) is 0 Å². The zero-order valence-corrected chi connectivity index (χ0v) is 17.7. The van der Waals surface area contributed by atoms with Gasteiger partial charge in [-0.25, -0.2) is 4.39 Å². The Kier molecular flexibility index (Phi) is 7.19. The molecule has 1 N–H and O–H groups in total. The number of morpholine rings is 2. The second-order valence-corrected chi connectivity index (χ2v) is 8.31. The minimum absolute atomic E-state index is 0.0211. The third kappa shape index (κ3) is 5.62. The van der Waals surface area contributed by atoms with Gasteiger partial charge in [-0.05, 0) is 43.0 Å². The van der Waals surface area contributed by atoms with Crippen molar-refractivity contribution in [2.45, 2.75) is 37.8 Å². The number of halogens is 1. The molecule has 1 aromatic carbocycles. The molecule has 168 valence electrons. The number of carbonyl (C=O) groups is 2. The van der Waals surface area contributed by atoms with E-state index in [2.05, 4.69) is 10.2 Å². The van der Waals surface area contributed by atoms with E-state index in [1.165, 1.54) is 12.1 Å². The minimum atomic E-state index is -0.333. The molecule has 2 aliphatic heterocycles. The van der Waals surface area contributed by atoms with Crippen molar-refractivity contribution in [3.05, 3.63) is 41.4 Å². The van der Waals surface area contributed by atoms with Crippen molar-refractivity contribution in [3.63, 3.8) is 0 Å². The SMILES string of the molecule is O=C(CN1C(=O)/C(=C\c2ccc(F)cc2)OC2CCCCC21)NCCN1CCOCC1. The van der Waals surface area contributed by atoms with Crippen LogP contribution in [-0.4, -0.2) is 79.7 Å². The molecule has 4 rings (SSSR count). The summed E-state index contributed by atoms with van der Waals surface area (Å²) in [6.45, 7) is 4.54. The predicted octanol–water partition coefficient (Wildman–Crippen LogP) is 1.78. The summed E-state index contributed by atoms with van der Waals surface area (Å²) in [5.74, 6) is -0.554. The first-order valence-corrected chi connectivity index (χ1v) is 11.1. The van der Waals surface area contributed by atoms with Crippen LogP contribution in [0.5, 0.6) is 0 Å². The van der Waals surface area contributed by atoms with Gasteiger partial charge in [0, 0.05) is 26.2 Å². The molecule has 31 heavy (non-hydrogen) atoms. The van der Waals surface area contributed by atoms with Crippen LogP contribution in [0.2, 0.25) is 0 Å². The predicted molar refractivity (Wildman–Crippen MR) is 113 cm³/mol. The summed E-state index contributed by atoms with van der Waals surface area (Å²) in [4.78, 5) is 29.7. The van der Waals surface area contributed by atoms with Crippen LogP contribution in [0.15, 0.2) is 30.0 Å². The highest BCUT2D eigenvalue weighted by molar-refractivity contribution is 5.98. The first-order valence-electron chi connectivity index (χ1n) is 11.1. The number of amides is 2. The molecule has 0 aromatic heterocycles. The fraction of sp³-hybridized carbons (Fsp3) is 0.565. The van der Waals surface area contributed by atoms with Crippen molar-refractivity contribution in [2.75, 3.05) is 45.9 Å². The Morgan fingerprint density at radius 3 is 2.68 bits per heavy atom. The molecular weight excluding hydrogens is 401 g/mol. The van der Waals surface area contributed by atoms with E-state index in [1.54, 1.807) is 23.1 Å². The average Bonchev–Trinajstić information content (AvgIpc) is 2.79. The number of fused-ring (bicyclic) bond motifs is 1. The van der Waals surface area contributed by atoms with Gasteiger partial charge in [-0.3, -0.25) is 14.5 Å². The fourth-order valence-corrected chi connectivity index (χ4v) is 4.46. The minimum Gasteiger partial charge on any atom is -0.482 e. The second kappa shape index (κ2) is 10.2. The highest BCUT2D eigenvalue weighted by Crippen LogP contribution is 2.33. The lowest BCUT2D eigenvalue weighted by Crippen LogP contribution is -2.57. The van der Waals surface area contributed by atoms with E-state index < -0.39 is 0 Å². The van der Waals surface area contributed by atoms with E-state index in [4.69, 9.17) is 9.47 Å². The van der Waals surface area contributed by atoms with Gasteiger partial charge in [0.05, 0.1) is 19.3 Å². The Morgan fingerprint density at radius 2 is 1.90 bits per heavy atom. The number of nitrogens with one attached hydrogen (secondary N) is 1. The summed E-state index contributed by atoms with van der Waals surface area (Å²) < 4.78 is 24.6. The largest absolute Gasteiger partial charge is 0.482 e. The molecule has 2 saturated heterocycles. The van der Waals surface area contributed by atoms with Gasteiger partial charge in [0.25, 0.3) is 5.91 Å². The Labute approximate surface area is 182 Å². The third-order valence-corrected chi connectivity index (χ3v) is 6.15.